The lowest BCUT2D eigenvalue weighted by Crippen LogP contribution is -2.20. The summed E-state index contributed by atoms with van der Waals surface area (Å²) < 4.78 is 32.0. The molecule has 0 aliphatic rings. The van der Waals surface area contributed by atoms with Crippen molar-refractivity contribution in [3.8, 4) is 5.75 Å². The summed E-state index contributed by atoms with van der Waals surface area (Å²) in [7, 11) is -2.52. The maximum Gasteiger partial charge on any atom is 0.262 e. The Kier molecular flexibility index (Phi) is 4.08. The van der Waals surface area contributed by atoms with E-state index in [2.05, 4.69) is 9.71 Å². The lowest BCUT2D eigenvalue weighted by atomic mass is 10.2. The fourth-order valence-corrected chi connectivity index (χ4v) is 2.95. The van der Waals surface area contributed by atoms with E-state index in [0.29, 0.717) is 5.75 Å². The number of nitrogens with one attached hydrogen (secondary N) is 1. The molecular formula is C13H13N3O4S. The van der Waals surface area contributed by atoms with Crippen LogP contribution in [0.5, 0.6) is 5.75 Å². The van der Waals surface area contributed by atoms with Gasteiger partial charge in [-0.15, -0.1) is 0 Å². The highest BCUT2D eigenvalue weighted by Gasteiger charge is 2.21. The maximum absolute atomic E-state index is 12.3. The van der Waals surface area contributed by atoms with Crippen LogP contribution >= 0.6 is 0 Å². The van der Waals surface area contributed by atoms with Crippen LogP contribution in [0.1, 0.15) is 10.4 Å². The van der Waals surface area contributed by atoms with Gasteiger partial charge in [-0.25, -0.2) is 8.42 Å². The molecule has 7 nitrogen and oxygen atoms in total. The smallest absolute Gasteiger partial charge is 0.262 e. The number of ether oxygens (including phenoxy) is 1. The molecule has 0 fully saturated rings. The molecule has 0 saturated heterocycles. The summed E-state index contributed by atoms with van der Waals surface area (Å²) in [5.41, 5.74) is 5.32. The van der Waals surface area contributed by atoms with Crippen LogP contribution in [0.2, 0.25) is 0 Å². The lowest BCUT2D eigenvalue weighted by Gasteiger charge is -2.11. The second kappa shape index (κ2) is 5.80. The largest absolute Gasteiger partial charge is 0.495 e. The van der Waals surface area contributed by atoms with Gasteiger partial charge in [0.1, 0.15) is 10.6 Å². The van der Waals surface area contributed by atoms with E-state index in [0.717, 1.165) is 0 Å². The number of benzene rings is 1. The van der Waals surface area contributed by atoms with E-state index in [4.69, 9.17) is 10.5 Å². The van der Waals surface area contributed by atoms with Gasteiger partial charge < -0.3 is 10.5 Å². The van der Waals surface area contributed by atoms with Crippen molar-refractivity contribution in [1.29, 1.82) is 0 Å². The molecule has 2 aromatic rings. The Bertz CT molecular complexity index is 774. The third-order valence-corrected chi connectivity index (χ3v) is 4.08. The molecule has 0 radical (unpaired) electrons. The number of hydrogen-bond donors (Lipinski definition) is 2. The molecule has 8 heteroatoms. The van der Waals surface area contributed by atoms with E-state index in [1.54, 1.807) is 0 Å². The Hall–Kier alpha value is -2.61. The molecule has 0 bridgehead atoms. The summed E-state index contributed by atoms with van der Waals surface area (Å²) >= 11 is 0. The van der Waals surface area contributed by atoms with E-state index >= 15 is 0 Å². The van der Waals surface area contributed by atoms with Crippen LogP contribution in [0.3, 0.4) is 0 Å². The molecule has 21 heavy (non-hydrogen) atoms. The highest BCUT2D eigenvalue weighted by Crippen LogP contribution is 2.21. The molecule has 2 rings (SSSR count). The van der Waals surface area contributed by atoms with Crippen molar-refractivity contribution in [1.82, 2.24) is 4.98 Å². The summed E-state index contributed by atoms with van der Waals surface area (Å²) in [5.74, 6) is -0.418. The van der Waals surface area contributed by atoms with Crippen LogP contribution in [0.15, 0.2) is 47.6 Å². The summed E-state index contributed by atoms with van der Waals surface area (Å²) in [5, 5.41) is 0. The minimum Gasteiger partial charge on any atom is -0.495 e. The summed E-state index contributed by atoms with van der Waals surface area (Å²) in [6.07, 6.45) is 2.77. The third-order valence-electron chi connectivity index (χ3n) is 2.64. The summed E-state index contributed by atoms with van der Waals surface area (Å²) in [6, 6.07) is 7.16. The average molecular weight is 307 g/mol. The highest BCUT2D eigenvalue weighted by molar-refractivity contribution is 7.92. The summed E-state index contributed by atoms with van der Waals surface area (Å²) in [6.45, 7) is 0. The van der Waals surface area contributed by atoms with Gasteiger partial charge in [0.2, 0.25) is 5.91 Å². The van der Waals surface area contributed by atoms with Crippen LogP contribution in [-0.4, -0.2) is 26.4 Å². The molecule has 0 aliphatic carbocycles. The quantitative estimate of drug-likeness (QED) is 0.855. The van der Waals surface area contributed by atoms with Gasteiger partial charge in [-0.2, -0.15) is 0 Å². The number of anilines is 1. The Labute approximate surface area is 121 Å². The highest BCUT2D eigenvalue weighted by atomic mass is 32.2. The van der Waals surface area contributed by atoms with Crippen molar-refractivity contribution in [2.75, 3.05) is 11.8 Å². The molecule has 0 unspecified atom stereocenters. The maximum atomic E-state index is 12.3. The number of primary amides is 1. The summed E-state index contributed by atoms with van der Waals surface area (Å²) in [4.78, 5) is 15.0. The van der Waals surface area contributed by atoms with Gasteiger partial charge in [0, 0.05) is 6.07 Å². The van der Waals surface area contributed by atoms with E-state index in [1.165, 1.54) is 49.8 Å². The number of methoxy groups -OCH3 is 1. The second-order valence-corrected chi connectivity index (χ2v) is 5.73. The van der Waals surface area contributed by atoms with Gasteiger partial charge in [0.15, 0.2) is 0 Å². The normalized spacial score (nSPS) is 10.9. The Morgan fingerprint density at radius 2 is 2.00 bits per heavy atom. The van der Waals surface area contributed by atoms with Gasteiger partial charge >= 0.3 is 0 Å². The number of carbonyl (C=O) groups is 1. The van der Waals surface area contributed by atoms with Crippen LogP contribution in [-0.2, 0) is 10.0 Å². The molecule has 0 aliphatic heterocycles. The zero-order valence-electron chi connectivity index (χ0n) is 11.1. The Balaban J connectivity index is 2.41. The van der Waals surface area contributed by atoms with Crippen molar-refractivity contribution in [3.05, 3.63) is 48.3 Å². The van der Waals surface area contributed by atoms with E-state index in [-0.39, 0.29) is 16.1 Å². The molecule has 1 heterocycles. The van der Waals surface area contributed by atoms with Crippen molar-refractivity contribution in [3.63, 3.8) is 0 Å². The molecule has 0 saturated carbocycles. The first-order chi connectivity index (χ1) is 9.94. The number of nitrogens with two attached hydrogens (primary N) is 1. The Morgan fingerprint density at radius 3 is 2.67 bits per heavy atom. The molecule has 0 spiro atoms. The first-order valence-electron chi connectivity index (χ1n) is 5.85. The van der Waals surface area contributed by atoms with Gasteiger partial charge in [-0.1, -0.05) is 12.1 Å². The standard InChI is InChI=1S/C13H13N3O4S/c1-20-10-6-9(7-15-8-10)16-21(18,19)12-5-3-2-4-11(12)13(14)17/h2-8,16H,1H3,(H2,14,17). The van der Waals surface area contributed by atoms with Crippen LogP contribution in [0.25, 0.3) is 0 Å². The van der Waals surface area contributed by atoms with E-state index in [1.807, 2.05) is 0 Å². The monoisotopic (exact) mass is 307 g/mol. The van der Waals surface area contributed by atoms with Gasteiger partial charge in [0.25, 0.3) is 10.0 Å². The number of pyridine rings is 1. The molecule has 1 aromatic heterocycles. The zero-order chi connectivity index (χ0) is 15.5. The number of hydrogen-bond acceptors (Lipinski definition) is 5. The van der Waals surface area contributed by atoms with Crippen molar-refractivity contribution >= 4 is 21.6 Å². The average Bonchev–Trinajstić information content (AvgIpc) is 2.47. The predicted octanol–water partition coefficient (Wildman–Crippen LogP) is 0.990. The second-order valence-electron chi connectivity index (χ2n) is 4.08. The number of nitrogens with zero attached hydrogens (tertiary/aromatic N) is 1. The van der Waals surface area contributed by atoms with Crippen molar-refractivity contribution in [2.24, 2.45) is 5.73 Å². The third kappa shape index (κ3) is 3.29. The minimum absolute atomic E-state index is 0.0825. The number of rotatable bonds is 5. The van der Waals surface area contributed by atoms with Crippen LogP contribution in [0.4, 0.5) is 5.69 Å². The zero-order valence-corrected chi connectivity index (χ0v) is 11.9. The van der Waals surface area contributed by atoms with Crippen LogP contribution in [0, 0.1) is 0 Å². The van der Waals surface area contributed by atoms with Crippen molar-refractivity contribution in [2.45, 2.75) is 4.90 Å². The number of carbonyl (C=O) groups excluding carboxylic acids is 1. The van der Waals surface area contributed by atoms with E-state index < -0.39 is 15.9 Å². The molecular weight excluding hydrogens is 294 g/mol. The SMILES string of the molecule is COc1cncc(NS(=O)(=O)c2ccccc2C(N)=O)c1. The molecule has 1 amide bonds. The van der Waals surface area contributed by atoms with Gasteiger partial charge in [-0.3, -0.25) is 14.5 Å². The fourth-order valence-electron chi connectivity index (χ4n) is 1.70. The molecule has 0 atom stereocenters. The first-order valence-corrected chi connectivity index (χ1v) is 7.33. The lowest BCUT2D eigenvalue weighted by molar-refractivity contribution is 0.0997. The molecule has 110 valence electrons. The number of aromatic nitrogens is 1. The van der Waals surface area contributed by atoms with Crippen LogP contribution < -0.4 is 15.2 Å². The Morgan fingerprint density at radius 1 is 1.29 bits per heavy atom. The predicted molar refractivity (Wildman–Crippen MR) is 76.6 cm³/mol. The van der Waals surface area contributed by atoms with Gasteiger partial charge in [-0.05, 0) is 12.1 Å². The topological polar surface area (TPSA) is 111 Å². The first kappa shape index (κ1) is 14.8. The fraction of sp³-hybridized carbons (Fsp3) is 0.0769. The number of sulfonamides is 1. The van der Waals surface area contributed by atoms with Gasteiger partial charge in [0.05, 0.1) is 30.8 Å². The molecule has 1 aromatic carbocycles. The minimum atomic E-state index is -3.96. The molecule has 3 N–H and O–H groups in total. The van der Waals surface area contributed by atoms with E-state index in [9.17, 15) is 13.2 Å². The van der Waals surface area contributed by atoms with Crippen molar-refractivity contribution < 1.29 is 17.9 Å². The number of amides is 1.